The van der Waals surface area contributed by atoms with E-state index in [2.05, 4.69) is 36.3 Å². The maximum atomic E-state index is 6.00. The largest absolute Gasteiger partial charge is 0.367 e. The van der Waals surface area contributed by atoms with Gasteiger partial charge in [-0.15, -0.1) is 5.10 Å². The van der Waals surface area contributed by atoms with Gasteiger partial charge in [0.2, 0.25) is 0 Å². The van der Waals surface area contributed by atoms with E-state index in [4.69, 9.17) is 5.73 Å². The average Bonchev–Trinajstić information content (AvgIpc) is 2.14. The molecule has 4 nitrogen and oxygen atoms in total. The van der Waals surface area contributed by atoms with Crippen molar-refractivity contribution in [3.05, 3.63) is 18.3 Å². The van der Waals surface area contributed by atoms with Gasteiger partial charge in [0.25, 0.3) is 0 Å². The summed E-state index contributed by atoms with van der Waals surface area (Å²) < 4.78 is 0. The molecule has 0 saturated heterocycles. The zero-order chi connectivity index (χ0) is 11.3. The molecule has 0 spiro atoms. The molecule has 0 amide bonds. The second kappa shape index (κ2) is 5.07. The molecule has 0 aliphatic carbocycles. The number of nitrogens with two attached hydrogens (primary N) is 1. The van der Waals surface area contributed by atoms with Crippen molar-refractivity contribution in [1.29, 1.82) is 0 Å². The SMILES string of the molecule is CC(C)(C)CC(N)CNc1cccnn1. The lowest BCUT2D eigenvalue weighted by molar-refractivity contribution is 0.344. The molecule has 1 unspecified atom stereocenters. The fourth-order valence-electron chi connectivity index (χ4n) is 1.49. The molecular weight excluding hydrogens is 188 g/mol. The van der Waals surface area contributed by atoms with Gasteiger partial charge in [-0.25, -0.2) is 0 Å². The highest BCUT2D eigenvalue weighted by atomic mass is 15.2. The smallest absolute Gasteiger partial charge is 0.148 e. The van der Waals surface area contributed by atoms with Crippen LogP contribution in [0.1, 0.15) is 27.2 Å². The lowest BCUT2D eigenvalue weighted by Crippen LogP contribution is -2.33. The van der Waals surface area contributed by atoms with E-state index in [9.17, 15) is 0 Å². The molecule has 4 heteroatoms. The molecule has 0 fully saturated rings. The first-order valence-corrected chi connectivity index (χ1v) is 5.24. The zero-order valence-electron chi connectivity index (χ0n) is 9.70. The number of nitrogens with one attached hydrogen (secondary N) is 1. The third-order valence-electron chi connectivity index (χ3n) is 1.99. The van der Waals surface area contributed by atoms with E-state index in [-0.39, 0.29) is 11.5 Å². The second-order valence-corrected chi connectivity index (χ2v) is 5.01. The molecule has 1 heterocycles. The summed E-state index contributed by atoms with van der Waals surface area (Å²) in [6.45, 7) is 7.30. The van der Waals surface area contributed by atoms with Crippen molar-refractivity contribution in [3.63, 3.8) is 0 Å². The van der Waals surface area contributed by atoms with E-state index in [1.54, 1.807) is 6.20 Å². The normalized spacial score (nSPS) is 13.6. The molecule has 0 aromatic carbocycles. The Kier molecular flexibility index (Phi) is 4.03. The predicted molar refractivity (Wildman–Crippen MR) is 62.6 cm³/mol. The molecule has 1 aromatic heterocycles. The van der Waals surface area contributed by atoms with E-state index in [0.29, 0.717) is 0 Å². The van der Waals surface area contributed by atoms with Crippen LogP contribution in [-0.4, -0.2) is 22.8 Å². The van der Waals surface area contributed by atoms with Crippen molar-refractivity contribution >= 4 is 5.82 Å². The maximum Gasteiger partial charge on any atom is 0.148 e. The summed E-state index contributed by atoms with van der Waals surface area (Å²) in [5.74, 6) is 0.779. The minimum atomic E-state index is 0.145. The molecule has 1 aromatic rings. The van der Waals surface area contributed by atoms with Gasteiger partial charge in [-0.05, 0) is 24.0 Å². The van der Waals surface area contributed by atoms with Crippen molar-refractivity contribution in [2.75, 3.05) is 11.9 Å². The number of hydrogen-bond acceptors (Lipinski definition) is 4. The lowest BCUT2D eigenvalue weighted by Gasteiger charge is -2.23. The molecule has 0 radical (unpaired) electrons. The standard InChI is InChI=1S/C11H20N4/c1-11(2,3)7-9(12)8-13-10-5-4-6-14-15-10/h4-6,9H,7-8,12H2,1-3H3,(H,13,15). The van der Waals surface area contributed by atoms with Gasteiger partial charge in [-0.3, -0.25) is 0 Å². The fourth-order valence-corrected chi connectivity index (χ4v) is 1.49. The summed E-state index contributed by atoms with van der Waals surface area (Å²) in [4.78, 5) is 0. The molecule has 1 rings (SSSR count). The van der Waals surface area contributed by atoms with Crippen molar-refractivity contribution < 1.29 is 0 Å². The Morgan fingerprint density at radius 3 is 2.73 bits per heavy atom. The van der Waals surface area contributed by atoms with E-state index < -0.39 is 0 Å². The van der Waals surface area contributed by atoms with Gasteiger partial charge in [0.15, 0.2) is 0 Å². The summed E-state index contributed by atoms with van der Waals surface area (Å²) in [5, 5.41) is 10.9. The molecule has 0 aliphatic rings. The van der Waals surface area contributed by atoms with Crippen LogP contribution in [0.5, 0.6) is 0 Å². The third-order valence-corrected chi connectivity index (χ3v) is 1.99. The molecule has 0 saturated carbocycles. The minimum Gasteiger partial charge on any atom is -0.367 e. The topological polar surface area (TPSA) is 63.8 Å². The molecule has 0 bridgehead atoms. The Hall–Kier alpha value is -1.16. The van der Waals surface area contributed by atoms with E-state index in [1.807, 2.05) is 12.1 Å². The quantitative estimate of drug-likeness (QED) is 0.789. The van der Waals surface area contributed by atoms with E-state index >= 15 is 0 Å². The van der Waals surface area contributed by atoms with Crippen molar-refractivity contribution in [2.24, 2.45) is 11.1 Å². The summed E-state index contributed by atoms with van der Waals surface area (Å²) >= 11 is 0. The van der Waals surface area contributed by atoms with Gasteiger partial charge in [0.05, 0.1) is 0 Å². The summed E-state index contributed by atoms with van der Waals surface area (Å²) in [6, 6.07) is 3.88. The Bertz CT molecular complexity index is 278. The van der Waals surface area contributed by atoms with Crippen LogP contribution in [0, 0.1) is 5.41 Å². The van der Waals surface area contributed by atoms with Crippen LogP contribution in [0.15, 0.2) is 18.3 Å². The number of anilines is 1. The Balaban J connectivity index is 2.32. The second-order valence-electron chi connectivity index (χ2n) is 5.01. The van der Waals surface area contributed by atoms with Gasteiger partial charge < -0.3 is 11.1 Å². The third kappa shape index (κ3) is 5.32. The molecule has 0 aliphatic heterocycles. The Labute approximate surface area is 91.3 Å². The molecule has 84 valence electrons. The monoisotopic (exact) mass is 208 g/mol. The summed E-state index contributed by atoms with van der Waals surface area (Å²) in [6.07, 6.45) is 2.64. The van der Waals surface area contributed by atoms with E-state index in [0.717, 1.165) is 18.8 Å². The van der Waals surface area contributed by atoms with Crippen LogP contribution in [0.2, 0.25) is 0 Å². The van der Waals surface area contributed by atoms with Crippen LogP contribution in [-0.2, 0) is 0 Å². The van der Waals surface area contributed by atoms with Gasteiger partial charge in [-0.2, -0.15) is 5.10 Å². The van der Waals surface area contributed by atoms with Crippen LogP contribution in [0.4, 0.5) is 5.82 Å². The number of nitrogens with zero attached hydrogens (tertiary/aromatic N) is 2. The zero-order valence-corrected chi connectivity index (χ0v) is 9.70. The average molecular weight is 208 g/mol. The van der Waals surface area contributed by atoms with Crippen LogP contribution >= 0.6 is 0 Å². The van der Waals surface area contributed by atoms with Gasteiger partial charge in [0.1, 0.15) is 5.82 Å². The van der Waals surface area contributed by atoms with Gasteiger partial charge in [0, 0.05) is 18.8 Å². The number of rotatable bonds is 4. The fraction of sp³-hybridized carbons (Fsp3) is 0.636. The summed E-state index contributed by atoms with van der Waals surface area (Å²) in [5.41, 5.74) is 6.26. The molecule has 1 atom stereocenters. The number of hydrogen-bond donors (Lipinski definition) is 2. The maximum absolute atomic E-state index is 6.00. The van der Waals surface area contributed by atoms with Crippen LogP contribution in [0.25, 0.3) is 0 Å². The minimum absolute atomic E-state index is 0.145. The molecular formula is C11H20N4. The first-order valence-electron chi connectivity index (χ1n) is 5.24. The van der Waals surface area contributed by atoms with E-state index in [1.165, 1.54) is 0 Å². The first-order chi connectivity index (χ1) is 6.97. The van der Waals surface area contributed by atoms with Crippen molar-refractivity contribution in [2.45, 2.75) is 33.2 Å². The highest BCUT2D eigenvalue weighted by Crippen LogP contribution is 2.19. The lowest BCUT2D eigenvalue weighted by atomic mass is 9.88. The Morgan fingerprint density at radius 2 is 2.20 bits per heavy atom. The van der Waals surface area contributed by atoms with Crippen molar-refractivity contribution in [3.8, 4) is 0 Å². The molecule has 15 heavy (non-hydrogen) atoms. The van der Waals surface area contributed by atoms with Crippen LogP contribution < -0.4 is 11.1 Å². The highest BCUT2D eigenvalue weighted by Gasteiger charge is 2.15. The first kappa shape index (κ1) is 11.9. The van der Waals surface area contributed by atoms with Gasteiger partial charge >= 0.3 is 0 Å². The molecule has 3 N–H and O–H groups in total. The summed E-state index contributed by atoms with van der Waals surface area (Å²) in [7, 11) is 0. The highest BCUT2D eigenvalue weighted by molar-refractivity contribution is 5.31. The van der Waals surface area contributed by atoms with Crippen LogP contribution in [0.3, 0.4) is 0 Å². The van der Waals surface area contributed by atoms with Crippen molar-refractivity contribution in [1.82, 2.24) is 10.2 Å². The predicted octanol–water partition coefficient (Wildman–Crippen LogP) is 1.65. The number of aromatic nitrogens is 2. The van der Waals surface area contributed by atoms with Gasteiger partial charge in [-0.1, -0.05) is 20.8 Å². The Morgan fingerprint density at radius 1 is 1.47 bits per heavy atom.